The third-order valence-electron chi connectivity index (χ3n) is 5.86. The van der Waals surface area contributed by atoms with E-state index < -0.39 is 23.4 Å². The third-order valence-corrected chi connectivity index (χ3v) is 5.86. The first kappa shape index (κ1) is 25.6. The van der Waals surface area contributed by atoms with E-state index in [0.29, 0.717) is 34.8 Å². The van der Waals surface area contributed by atoms with Gasteiger partial charge in [0.15, 0.2) is 23.1 Å². The summed E-state index contributed by atoms with van der Waals surface area (Å²) in [6.45, 7) is 2.32. The average Bonchev–Trinajstić information content (AvgIpc) is 3.34. The quantitative estimate of drug-likeness (QED) is 0.423. The molecule has 0 atom stereocenters. The first-order valence-corrected chi connectivity index (χ1v) is 11.4. The van der Waals surface area contributed by atoms with E-state index in [1.165, 1.54) is 19.1 Å². The molecule has 0 unspecified atom stereocenters. The highest BCUT2D eigenvalue weighted by Crippen LogP contribution is 2.41. The molecule has 1 aliphatic heterocycles. The molecule has 0 bridgehead atoms. The highest BCUT2D eigenvalue weighted by atomic mass is 19.1. The Morgan fingerprint density at radius 1 is 1.19 bits per heavy atom. The Balaban J connectivity index is 1.87. The molecule has 12 heteroatoms. The summed E-state index contributed by atoms with van der Waals surface area (Å²) in [5.41, 5.74) is 2.05. The van der Waals surface area contributed by atoms with Crippen molar-refractivity contribution in [2.75, 3.05) is 37.1 Å². The Labute approximate surface area is 212 Å². The number of carbonyl (C=O) groups excluding carboxylic acids is 1. The summed E-state index contributed by atoms with van der Waals surface area (Å²) >= 11 is 0. The van der Waals surface area contributed by atoms with Crippen molar-refractivity contribution < 1.29 is 23.0 Å². The van der Waals surface area contributed by atoms with Gasteiger partial charge in [0.25, 0.3) is 0 Å². The molecule has 2 N–H and O–H groups in total. The summed E-state index contributed by atoms with van der Waals surface area (Å²) in [6.07, 6.45) is 6.06. The molecule has 37 heavy (non-hydrogen) atoms. The smallest absolute Gasteiger partial charge is 0.329 e. The Morgan fingerprint density at radius 2 is 1.89 bits per heavy atom. The van der Waals surface area contributed by atoms with Crippen molar-refractivity contribution in [2.24, 2.45) is 7.05 Å². The van der Waals surface area contributed by atoms with Crippen molar-refractivity contribution in [3.05, 3.63) is 59.6 Å². The number of rotatable bonds is 9. The number of hydrogen-bond acceptors (Lipinski definition) is 7. The molecule has 0 aliphatic carbocycles. The third kappa shape index (κ3) is 4.82. The summed E-state index contributed by atoms with van der Waals surface area (Å²) in [4.78, 5) is 20.7. The monoisotopic (exact) mass is 511 g/mol. The van der Waals surface area contributed by atoms with E-state index in [1.807, 2.05) is 6.92 Å². The molecule has 3 aromatic rings. The number of anilines is 2. The van der Waals surface area contributed by atoms with Gasteiger partial charge in [0, 0.05) is 55.6 Å². The zero-order valence-electron chi connectivity index (χ0n) is 20.9. The van der Waals surface area contributed by atoms with Crippen molar-refractivity contribution >= 4 is 23.6 Å². The average molecular weight is 512 g/mol. The molecular formula is C25H27F2N7O3. The summed E-state index contributed by atoms with van der Waals surface area (Å²) in [5.74, 6) is -2.61. The Bertz CT molecular complexity index is 1340. The number of aryl methyl sites for hydroxylation is 1. The number of carbonyl (C=O) groups is 1. The van der Waals surface area contributed by atoms with Gasteiger partial charge in [0.05, 0.1) is 38.7 Å². The number of amides is 2. The van der Waals surface area contributed by atoms with E-state index >= 15 is 8.78 Å². The first-order valence-electron chi connectivity index (χ1n) is 11.4. The summed E-state index contributed by atoms with van der Waals surface area (Å²) in [5, 5.41) is 15.2. The van der Waals surface area contributed by atoms with Crippen molar-refractivity contribution in [1.29, 1.82) is 5.41 Å². The van der Waals surface area contributed by atoms with Crippen LogP contribution in [0.25, 0.3) is 11.4 Å². The van der Waals surface area contributed by atoms with Gasteiger partial charge < -0.3 is 20.2 Å². The molecule has 0 spiro atoms. The Kier molecular flexibility index (Phi) is 7.37. The number of urea groups is 1. The van der Waals surface area contributed by atoms with E-state index in [0.717, 1.165) is 17.2 Å². The zero-order chi connectivity index (χ0) is 26.7. The minimum atomic E-state index is -1.04. The van der Waals surface area contributed by atoms with Gasteiger partial charge >= 0.3 is 6.03 Å². The number of nitrogens with zero attached hydrogens (tertiary/aromatic N) is 5. The number of fused-ring (bicyclic) bond motifs is 1. The van der Waals surface area contributed by atoms with Crippen LogP contribution in [-0.4, -0.2) is 54.3 Å². The molecule has 3 heterocycles. The second kappa shape index (κ2) is 10.6. The summed E-state index contributed by atoms with van der Waals surface area (Å²) in [6, 6.07) is 3.89. The van der Waals surface area contributed by atoms with E-state index in [-0.39, 0.29) is 24.6 Å². The lowest BCUT2D eigenvalue weighted by Gasteiger charge is -2.37. The molecule has 0 saturated carbocycles. The second-order valence-corrected chi connectivity index (χ2v) is 8.21. The fraction of sp³-hybridized carbons (Fsp3) is 0.280. The largest absolute Gasteiger partial charge is 0.493 e. The number of ether oxygens (including phenoxy) is 2. The Hall–Kier alpha value is -4.48. The predicted octanol–water partition coefficient (Wildman–Crippen LogP) is 3.87. The highest BCUT2D eigenvalue weighted by molar-refractivity contribution is 6.07. The van der Waals surface area contributed by atoms with Crippen LogP contribution < -0.4 is 24.6 Å². The van der Waals surface area contributed by atoms with Gasteiger partial charge in [-0.25, -0.2) is 13.6 Å². The molecule has 1 aromatic carbocycles. The predicted molar refractivity (Wildman–Crippen MR) is 135 cm³/mol. The van der Waals surface area contributed by atoms with Crippen LogP contribution in [0.2, 0.25) is 0 Å². The molecule has 2 amide bonds. The van der Waals surface area contributed by atoms with Gasteiger partial charge in [-0.05, 0) is 19.1 Å². The van der Waals surface area contributed by atoms with Gasteiger partial charge in [-0.15, -0.1) is 0 Å². The van der Waals surface area contributed by atoms with Crippen LogP contribution in [0.1, 0.15) is 12.5 Å². The van der Waals surface area contributed by atoms with Crippen LogP contribution in [0.3, 0.4) is 0 Å². The lowest BCUT2D eigenvalue weighted by atomic mass is 10.1. The number of halogens is 2. The molecule has 1 aliphatic rings. The number of benzene rings is 1. The number of nitrogens with one attached hydrogen (secondary N) is 2. The molecule has 0 radical (unpaired) electrons. The fourth-order valence-corrected chi connectivity index (χ4v) is 4.01. The standard InChI is InChI=1S/C25H27F2N7O3/c1-5-29-11-15(10-28)13-33-19-8-18(17-6-7-32(2)31-17)30-12-16(19)14-34(25(33)35)24-22(26)20(36-3)9-21(37-4)23(24)27/h6-12,28-29H,5,13-14H2,1-4H3/b15-11+,28-10?. The van der Waals surface area contributed by atoms with Crippen LogP contribution in [-0.2, 0) is 13.6 Å². The normalized spacial score (nSPS) is 13.5. The fourth-order valence-electron chi connectivity index (χ4n) is 4.01. The SMILES string of the molecule is CCN/C=C(\C=N)CN1C(=O)N(c2c(F)c(OC)cc(OC)c2F)Cc2cnc(-c3ccn(C)n3)cc21. The number of aromatic nitrogens is 3. The van der Waals surface area contributed by atoms with Crippen LogP contribution in [0, 0.1) is 17.0 Å². The second-order valence-electron chi connectivity index (χ2n) is 8.21. The van der Waals surface area contributed by atoms with E-state index in [1.54, 1.807) is 42.5 Å². The summed E-state index contributed by atoms with van der Waals surface area (Å²) < 4.78 is 42.5. The Morgan fingerprint density at radius 3 is 2.46 bits per heavy atom. The molecule has 4 rings (SSSR count). The molecule has 0 fully saturated rings. The maximum absolute atomic E-state index is 15.4. The van der Waals surface area contributed by atoms with Crippen LogP contribution >= 0.6 is 0 Å². The highest BCUT2D eigenvalue weighted by Gasteiger charge is 2.37. The number of hydrogen-bond donors (Lipinski definition) is 2. The number of pyridine rings is 1. The van der Waals surface area contributed by atoms with Crippen molar-refractivity contribution in [2.45, 2.75) is 13.5 Å². The molecule has 0 saturated heterocycles. The maximum Gasteiger partial charge on any atom is 0.329 e. The van der Waals surface area contributed by atoms with Gasteiger partial charge in [0.1, 0.15) is 11.4 Å². The summed E-state index contributed by atoms with van der Waals surface area (Å²) in [7, 11) is 4.26. The lowest BCUT2D eigenvalue weighted by Crippen LogP contribution is -2.49. The maximum atomic E-state index is 15.4. The number of methoxy groups -OCH3 is 2. The van der Waals surface area contributed by atoms with Gasteiger partial charge in [-0.3, -0.25) is 19.5 Å². The molecular weight excluding hydrogens is 484 g/mol. The van der Waals surface area contributed by atoms with Crippen molar-refractivity contribution in [3.8, 4) is 22.9 Å². The van der Waals surface area contributed by atoms with E-state index in [2.05, 4.69) is 15.4 Å². The van der Waals surface area contributed by atoms with Crippen LogP contribution in [0.4, 0.5) is 25.0 Å². The van der Waals surface area contributed by atoms with Crippen LogP contribution in [0.5, 0.6) is 11.5 Å². The van der Waals surface area contributed by atoms with Crippen molar-refractivity contribution in [3.63, 3.8) is 0 Å². The van der Waals surface area contributed by atoms with Crippen LogP contribution in [0.15, 0.2) is 42.4 Å². The topological polar surface area (TPSA) is 109 Å². The molecule has 2 aromatic heterocycles. The minimum absolute atomic E-state index is 0.0329. The van der Waals surface area contributed by atoms with Crippen molar-refractivity contribution in [1.82, 2.24) is 20.1 Å². The first-order chi connectivity index (χ1) is 17.8. The van der Waals surface area contributed by atoms with E-state index in [4.69, 9.17) is 14.9 Å². The lowest BCUT2D eigenvalue weighted by molar-refractivity contribution is 0.250. The zero-order valence-corrected chi connectivity index (χ0v) is 20.9. The van der Waals surface area contributed by atoms with E-state index in [9.17, 15) is 4.79 Å². The van der Waals surface area contributed by atoms with Gasteiger partial charge in [-0.2, -0.15) is 5.10 Å². The van der Waals surface area contributed by atoms with Gasteiger partial charge in [0.2, 0.25) is 0 Å². The molecule has 194 valence electrons. The van der Waals surface area contributed by atoms with Gasteiger partial charge in [-0.1, -0.05) is 0 Å². The minimum Gasteiger partial charge on any atom is -0.493 e. The molecule has 10 nitrogen and oxygen atoms in total.